The van der Waals surface area contributed by atoms with E-state index in [1.54, 1.807) is 12.1 Å². The molecule has 7 heteroatoms. The minimum atomic E-state index is -3.54. The van der Waals surface area contributed by atoms with Gasteiger partial charge in [0.25, 0.3) is 5.91 Å². The third kappa shape index (κ3) is 4.17. The molecule has 1 aliphatic heterocycles. The molecule has 4 rings (SSSR count). The minimum absolute atomic E-state index is 0.0440. The molecule has 0 radical (unpaired) electrons. The van der Waals surface area contributed by atoms with E-state index in [9.17, 15) is 13.2 Å². The maximum atomic E-state index is 13.0. The molecule has 30 heavy (non-hydrogen) atoms. The van der Waals surface area contributed by atoms with Crippen LogP contribution >= 0.6 is 0 Å². The average molecular weight is 429 g/mol. The van der Waals surface area contributed by atoms with E-state index in [1.807, 2.05) is 19.9 Å². The first kappa shape index (κ1) is 20.7. The first-order valence-corrected chi connectivity index (χ1v) is 12.2. The molecule has 0 bridgehead atoms. The lowest BCUT2D eigenvalue weighted by molar-refractivity contribution is -0.128. The third-order valence-electron chi connectivity index (χ3n) is 5.91. The topological polar surface area (TPSA) is 75.7 Å². The number of nitrogens with one attached hydrogen (secondary N) is 1. The summed E-state index contributed by atoms with van der Waals surface area (Å²) in [4.78, 5) is 13.0. The van der Waals surface area contributed by atoms with Gasteiger partial charge in [0.05, 0.1) is 24.5 Å². The van der Waals surface area contributed by atoms with Gasteiger partial charge in [-0.05, 0) is 73.9 Å². The van der Waals surface area contributed by atoms with Crippen molar-refractivity contribution < 1.29 is 17.9 Å². The molecule has 160 valence electrons. The zero-order chi connectivity index (χ0) is 21.5. The predicted molar refractivity (Wildman–Crippen MR) is 117 cm³/mol. The first-order valence-electron chi connectivity index (χ1n) is 10.4. The fourth-order valence-electron chi connectivity index (χ4n) is 4.22. The number of anilines is 1. The highest BCUT2D eigenvalue weighted by Gasteiger charge is 2.35. The van der Waals surface area contributed by atoms with E-state index >= 15 is 0 Å². The van der Waals surface area contributed by atoms with Gasteiger partial charge in [0.2, 0.25) is 10.0 Å². The number of hydrogen-bond donors (Lipinski definition) is 1. The summed E-state index contributed by atoms with van der Waals surface area (Å²) in [6.45, 7) is 3.80. The van der Waals surface area contributed by atoms with Crippen molar-refractivity contribution in [1.82, 2.24) is 5.32 Å². The fourth-order valence-corrected chi connectivity index (χ4v) is 5.14. The number of sulfonamides is 1. The number of nitrogens with zero attached hydrogens (tertiary/aromatic N) is 1. The van der Waals surface area contributed by atoms with Crippen LogP contribution in [-0.4, -0.2) is 33.2 Å². The quantitative estimate of drug-likeness (QED) is 0.811. The normalized spacial score (nSPS) is 19.3. The molecule has 0 unspecified atom stereocenters. The van der Waals surface area contributed by atoms with Gasteiger partial charge < -0.3 is 10.1 Å². The van der Waals surface area contributed by atoms with Crippen molar-refractivity contribution in [3.8, 4) is 5.75 Å². The number of amides is 1. The van der Waals surface area contributed by atoms with Crippen molar-refractivity contribution >= 4 is 21.6 Å². The van der Waals surface area contributed by atoms with Crippen LogP contribution in [0.3, 0.4) is 0 Å². The third-order valence-corrected chi connectivity index (χ3v) is 7.06. The van der Waals surface area contributed by atoms with Crippen molar-refractivity contribution in [2.45, 2.75) is 51.7 Å². The van der Waals surface area contributed by atoms with E-state index in [0.29, 0.717) is 11.4 Å². The van der Waals surface area contributed by atoms with Gasteiger partial charge in [-0.15, -0.1) is 0 Å². The number of rotatable bonds is 4. The highest BCUT2D eigenvalue weighted by atomic mass is 32.2. The van der Waals surface area contributed by atoms with Gasteiger partial charge in [0.1, 0.15) is 5.75 Å². The van der Waals surface area contributed by atoms with Gasteiger partial charge in [-0.25, -0.2) is 8.42 Å². The standard InChI is InChI=1S/C23H28N2O4S/c1-15-8-11-20-21(12-15)29-22(14-25(20)30(3,27)28)23(26)24-16(2)18-10-9-17-6-4-5-7-19(17)13-18/h8-13,16,22H,4-7,14H2,1-3H3,(H,24,26)/t16-,22+/m1/s1. The van der Waals surface area contributed by atoms with Crippen LogP contribution in [0.25, 0.3) is 0 Å². The summed E-state index contributed by atoms with van der Waals surface area (Å²) in [5.41, 5.74) is 5.22. The molecule has 6 nitrogen and oxygen atoms in total. The van der Waals surface area contributed by atoms with E-state index in [0.717, 1.165) is 30.2 Å². The van der Waals surface area contributed by atoms with Crippen LogP contribution < -0.4 is 14.4 Å². The predicted octanol–water partition coefficient (Wildman–Crippen LogP) is 3.28. The summed E-state index contributed by atoms with van der Waals surface area (Å²) in [5, 5.41) is 3.00. The lowest BCUT2D eigenvalue weighted by atomic mass is 9.89. The molecule has 0 saturated carbocycles. The molecule has 0 aromatic heterocycles. The Morgan fingerprint density at radius 1 is 1.13 bits per heavy atom. The Morgan fingerprint density at radius 3 is 2.60 bits per heavy atom. The number of fused-ring (bicyclic) bond motifs is 2. The van der Waals surface area contributed by atoms with Crippen LogP contribution in [0.5, 0.6) is 5.75 Å². The summed E-state index contributed by atoms with van der Waals surface area (Å²) in [7, 11) is -3.54. The SMILES string of the molecule is Cc1ccc2c(c1)O[C@H](C(=O)N[C@H](C)c1ccc3c(c1)CCCC3)CN2S(C)(=O)=O. The lowest BCUT2D eigenvalue weighted by Gasteiger charge is -2.34. The summed E-state index contributed by atoms with van der Waals surface area (Å²) in [6, 6.07) is 11.5. The summed E-state index contributed by atoms with van der Waals surface area (Å²) in [6.07, 6.45) is 4.87. The number of carbonyl (C=O) groups excluding carboxylic acids is 1. The molecule has 2 atom stereocenters. The van der Waals surface area contributed by atoms with E-state index in [2.05, 4.69) is 23.5 Å². The van der Waals surface area contributed by atoms with Crippen LogP contribution in [-0.2, 0) is 27.7 Å². The van der Waals surface area contributed by atoms with E-state index in [4.69, 9.17) is 4.74 Å². The van der Waals surface area contributed by atoms with Crippen LogP contribution in [0.1, 0.15) is 48.1 Å². The van der Waals surface area contributed by atoms with Crippen LogP contribution in [0, 0.1) is 6.92 Å². The second-order valence-corrected chi connectivity index (χ2v) is 10.2. The molecule has 0 spiro atoms. The molecule has 1 N–H and O–H groups in total. The molecule has 1 aliphatic carbocycles. The molecule has 2 aromatic rings. The zero-order valence-electron chi connectivity index (χ0n) is 17.6. The number of hydrogen-bond acceptors (Lipinski definition) is 4. The average Bonchev–Trinajstić information content (AvgIpc) is 2.71. The zero-order valence-corrected chi connectivity index (χ0v) is 18.5. The summed E-state index contributed by atoms with van der Waals surface area (Å²) >= 11 is 0. The van der Waals surface area contributed by atoms with Crippen LogP contribution in [0.2, 0.25) is 0 Å². The van der Waals surface area contributed by atoms with Crippen LogP contribution in [0.4, 0.5) is 5.69 Å². The first-order chi connectivity index (χ1) is 14.2. The van der Waals surface area contributed by atoms with Gasteiger partial charge in [0, 0.05) is 0 Å². The Bertz CT molecular complexity index is 1080. The summed E-state index contributed by atoms with van der Waals surface area (Å²) < 4.78 is 31.8. The van der Waals surface area contributed by atoms with E-state index < -0.39 is 16.1 Å². The molecule has 2 aliphatic rings. The Labute approximate surface area is 178 Å². The Kier molecular flexibility index (Phi) is 5.49. The summed E-state index contributed by atoms with van der Waals surface area (Å²) in [5.74, 6) is 0.0919. The Morgan fingerprint density at radius 2 is 1.87 bits per heavy atom. The minimum Gasteiger partial charge on any atom is -0.476 e. The highest BCUT2D eigenvalue weighted by molar-refractivity contribution is 7.92. The largest absolute Gasteiger partial charge is 0.476 e. The van der Waals surface area contributed by atoms with E-state index in [-0.39, 0.29) is 18.5 Å². The molecule has 0 fully saturated rings. The smallest absolute Gasteiger partial charge is 0.263 e. The lowest BCUT2D eigenvalue weighted by Crippen LogP contribution is -2.50. The maximum Gasteiger partial charge on any atom is 0.263 e. The second kappa shape index (κ2) is 7.95. The maximum absolute atomic E-state index is 13.0. The van der Waals surface area contributed by atoms with Crippen LogP contribution in [0.15, 0.2) is 36.4 Å². The second-order valence-electron chi connectivity index (χ2n) is 8.34. The number of benzene rings is 2. The van der Waals surface area contributed by atoms with Crippen molar-refractivity contribution in [2.75, 3.05) is 17.1 Å². The van der Waals surface area contributed by atoms with Gasteiger partial charge >= 0.3 is 0 Å². The monoisotopic (exact) mass is 428 g/mol. The van der Waals surface area contributed by atoms with Gasteiger partial charge in [-0.3, -0.25) is 9.10 Å². The molecule has 2 aromatic carbocycles. The van der Waals surface area contributed by atoms with Gasteiger partial charge in [0.15, 0.2) is 6.10 Å². The Hall–Kier alpha value is -2.54. The highest BCUT2D eigenvalue weighted by Crippen LogP contribution is 2.36. The van der Waals surface area contributed by atoms with Crippen molar-refractivity contribution in [3.05, 3.63) is 58.7 Å². The Balaban J connectivity index is 1.53. The molecule has 0 saturated heterocycles. The van der Waals surface area contributed by atoms with Gasteiger partial charge in [-0.2, -0.15) is 0 Å². The molecular formula is C23H28N2O4S. The fraction of sp³-hybridized carbons (Fsp3) is 0.435. The van der Waals surface area contributed by atoms with Gasteiger partial charge in [-0.1, -0.05) is 24.3 Å². The number of carbonyl (C=O) groups is 1. The molecule has 1 heterocycles. The molecular weight excluding hydrogens is 400 g/mol. The van der Waals surface area contributed by atoms with Crippen molar-refractivity contribution in [3.63, 3.8) is 0 Å². The van der Waals surface area contributed by atoms with Crippen molar-refractivity contribution in [1.29, 1.82) is 0 Å². The number of ether oxygens (including phenoxy) is 1. The number of aryl methyl sites for hydroxylation is 3. The van der Waals surface area contributed by atoms with Crippen molar-refractivity contribution in [2.24, 2.45) is 0 Å². The van der Waals surface area contributed by atoms with E-state index in [1.165, 1.54) is 28.3 Å². The molecule has 1 amide bonds.